The third-order valence-electron chi connectivity index (χ3n) is 3.37. The highest BCUT2D eigenvalue weighted by atomic mass is 79.9. The first-order valence-electron chi connectivity index (χ1n) is 6.64. The number of amides is 1. The second-order valence-electron chi connectivity index (χ2n) is 5.11. The first-order valence-corrected chi connectivity index (χ1v) is 7.44. The highest BCUT2D eigenvalue weighted by Gasteiger charge is 2.17. The van der Waals surface area contributed by atoms with Crippen molar-refractivity contribution in [3.63, 3.8) is 0 Å². The summed E-state index contributed by atoms with van der Waals surface area (Å²) >= 11 is 3.36. The maximum absolute atomic E-state index is 12.2. The largest absolute Gasteiger partial charge is 0.398 e. The minimum atomic E-state index is -0.106. The molecule has 1 aliphatic rings. The monoisotopic (exact) mass is 325 g/mol. The summed E-state index contributed by atoms with van der Waals surface area (Å²) in [4.78, 5) is 14.6. The molecule has 5 heteroatoms. The number of halogens is 1. The number of carbonyl (C=O) groups is 1. The molecule has 4 nitrogen and oxygen atoms in total. The third kappa shape index (κ3) is 3.94. The molecule has 1 heterocycles. The van der Waals surface area contributed by atoms with Crippen LogP contribution >= 0.6 is 15.9 Å². The summed E-state index contributed by atoms with van der Waals surface area (Å²) < 4.78 is 0.860. The highest BCUT2D eigenvalue weighted by molar-refractivity contribution is 9.10. The first-order chi connectivity index (χ1) is 9.06. The van der Waals surface area contributed by atoms with Crippen molar-refractivity contribution in [1.82, 2.24) is 10.2 Å². The van der Waals surface area contributed by atoms with Gasteiger partial charge in [0.25, 0.3) is 5.91 Å². The number of nitrogen functional groups attached to an aromatic ring is 1. The lowest BCUT2D eigenvalue weighted by Crippen LogP contribution is -2.41. The van der Waals surface area contributed by atoms with Crippen LogP contribution in [0.5, 0.6) is 0 Å². The van der Waals surface area contributed by atoms with E-state index in [1.165, 1.54) is 12.8 Å². The van der Waals surface area contributed by atoms with E-state index in [4.69, 9.17) is 5.73 Å². The van der Waals surface area contributed by atoms with E-state index in [1.807, 2.05) is 13.0 Å². The van der Waals surface area contributed by atoms with Crippen molar-refractivity contribution in [2.45, 2.75) is 25.8 Å². The van der Waals surface area contributed by atoms with Crippen LogP contribution in [0, 0.1) is 0 Å². The van der Waals surface area contributed by atoms with E-state index in [0.717, 1.165) is 24.1 Å². The standard InChI is InChI=1S/C14H20BrN3O/c1-10(9-18-6-2-3-7-18)17-14(19)12-8-11(15)4-5-13(12)16/h4-5,8,10H,2-3,6-7,9,16H2,1H3,(H,17,19). The number of benzene rings is 1. The van der Waals surface area contributed by atoms with E-state index in [9.17, 15) is 4.79 Å². The molecule has 2 rings (SSSR count). The van der Waals surface area contributed by atoms with Gasteiger partial charge >= 0.3 is 0 Å². The lowest BCUT2D eigenvalue weighted by atomic mass is 10.1. The minimum Gasteiger partial charge on any atom is -0.398 e. The summed E-state index contributed by atoms with van der Waals surface area (Å²) in [6, 6.07) is 5.46. The summed E-state index contributed by atoms with van der Waals surface area (Å²) in [7, 11) is 0. The van der Waals surface area contributed by atoms with Crippen LogP contribution in [0.2, 0.25) is 0 Å². The molecular formula is C14H20BrN3O. The molecule has 0 saturated carbocycles. The molecule has 19 heavy (non-hydrogen) atoms. The fourth-order valence-electron chi connectivity index (χ4n) is 2.42. The molecule has 0 spiro atoms. The Kier molecular flexibility index (Phi) is 4.82. The van der Waals surface area contributed by atoms with Crippen molar-refractivity contribution >= 4 is 27.5 Å². The number of nitrogens with zero attached hydrogens (tertiary/aromatic N) is 1. The fraction of sp³-hybridized carbons (Fsp3) is 0.500. The minimum absolute atomic E-state index is 0.106. The number of rotatable bonds is 4. The van der Waals surface area contributed by atoms with E-state index < -0.39 is 0 Å². The van der Waals surface area contributed by atoms with Crippen LogP contribution in [-0.2, 0) is 0 Å². The Hall–Kier alpha value is -1.07. The van der Waals surface area contributed by atoms with Crippen LogP contribution in [0.3, 0.4) is 0 Å². The molecule has 3 N–H and O–H groups in total. The van der Waals surface area contributed by atoms with Crippen molar-refractivity contribution in [3.05, 3.63) is 28.2 Å². The molecule has 1 aliphatic heterocycles. The summed E-state index contributed by atoms with van der Waals surface area (Å²) in [5.41, 5.74) is 6.88. The molecule has 1 atom stereocenters. The molecule has 1 aromatic rings. The van der Waals surface area contributed by atoms with Gasteiger partial charge in [-0.1, -0.05) is 15.9 Å². The Morgan fingerprint density at radius 3 is 2.84 bits per heavy atom. The molecule has 1 saturated heterocycles. The number of carbonyl (C=O) groups excluding carboxylic acids is 1. The van der Waals surface area contributed by atoms with Crippen molar-refractivity contribution < 1.29 is 4.79 Å². The van der Waals surface area contributed by atoms with Crippen molar-refractivity contribution in [2.75, 3.05) is 25.4 Å². The summed E-state index contributed by atoms with van der Waals surface area (Å²) in [5, 5.41) is 3.01. The zero-order valence-corrected chi connectivity index (χ0v) is 12.7. The van der Waals surface area contributed by atoms with E-state index in [-0.39, 0.29) is 11.9 Å². The Bertz CT molecular complexity index is 458. The molecule has 1 amide bonds. The Morgan fingerprint density at radius 1 is 1.47 bits per heavy atom. The van der Waals surface area contributed by atoms with Gasteiger partial charge in [-0.25, -0.2) is 0 Å². The second-order valence-corrected chi connectivity index (χ2v) is 6.03. The van der Waals surface area contributed by atoms with Gasteiger partial charge in [0, 0.05) is 22.7 Å². The van der Waals surface area contributed by atoms with Gasteiger partial charge in [0.2, 0.25) is 0 Å². The lowest BCUT2D eigenvalue weighted by Gasteiger charge is -2.21. The molecule has 1 aromatic carbocycles. The van der Waals surface area contributed by atoms with E-state index >= 15 is 0 Å². The average molecular weight is 326 g/mol. The number of nitrogens with one attached hydrogen (secondary N) is 1. The van der Waals surface area contributed by atoms with Gasteiger partial charge in [0.05, 0.1) is 5.56 Å². The number of hydrogen-bond donors (Lipinski definition) is 2. The summed E-state index contributed by atoms with van der Waals surface area (Å²) in [6.07, 6.45) is 2.53. The summed E-state index contributed by atoms with van der Waals surface area (Å²) in [6.45, 7) is 5.21. The van der Waals surface area contributed by atoms with Crippen molar-refractivity contribution in [3.8, 4) is 0 Å². The van der Waals surface area contributed by atoms with Gasteiger partial charge in [-0.3, -0.25) is 4.79 Å². The van der Waals surface area contributed by atoms with Gasteiger partial charge in [-0.05, 0) is 51.1 Å². The van der Waals surface area contributed by atoms with E-state index in [1.54, 1.807) is 12.1 Å². The molecule has 1 fully saturated rings. The third-order valence-corrected chi connectivity index (χ3v) is 3.86. The van der Waals surface area contributed by atoms with E-state index in [2.05, 4.69) is 26.1 Å². The normalized spacial score (nSPS) is 17.4. The lowest BCUT2D eigenvalue weighted by molar-refractivity contribution is 0.0933. The summed E-state index contributed by atoms with van der Waals surface area (Å²) in [5.74, 6) is -0.106. The molecule has 0 bridgehead atoms. The van der Waals surface area contributed by atoms with Gasteiger partial charge in [0.1, 0.15) is 0 Å². The second kappa shape index (κ2) is 6.39. The van der Waals surface area contributed by atoms with E-state index in [0.29, 0.717) is 11.3 Å². The molecule has 104 valence electrons. The number of likely N-dealkylation sites (tertiary alicyclic amines) is 1. The van der Waals surface area contributed by atoms with Crippen LogP contribution < -0.4 is 11.1 Å². The van der Waals surface area contributed by atoms with Crippen LogP contribution in [0.4, 0.5) is 5.69 Å². The Balaban J connectivity index is 1.94. The molecule has 0 radical (unpaired) electrons. The maximum Gasteiger partial charge on any atom is 0.253 e. The van der Waals surface area contributed by atoms with Crippen LogP contribution in [0.25, 0.3) is 0 Å². The fourth-order valence-corrected chi connectivity index (χ4v) is 2.79. The number of nitrogens with two attached hydrogens (primary N) is 1. The van der Waals surface area contributed by atoms with Gasteiger partial charge in [0.15, 0.2) is 0 Å². The quantitative estimate of drug-likeness (QED) is 0.835. The van der Waals surface area contributed by atoms with Crippen LogP contribution in [0.15, 0.2) is 22.7 Å². The Morgan fingerprint density at radius 2 is 2.16 bits per heavy atom. The smallest absolute Gasteiger partial charge is 0.253 e. The SMILES string of the molecule is CC(CN1CCCC1)NC(=O)c1cc(Br)ccc1N. The van der Waals surface area contributed by atoms with Crippen molar-refractivity contribution in [2.24, 2.45) is 0 Å². The molecular weight excluding hydrogens is 306 g/mol. The van der Waals surface area contributed by atoms with Gasteiger partial charge < -0.3 is 16.0 Å². The number of anilines is 1. The molecule has 1 unspecified atom stereocenters. The topological polar surface area (TPSA) is 58.4 Å². The van der Waals surface area contributed by atoms with Crippen LogP contribution in [0.1, 0.15) is 30.1 Å². The van der Waals surface area contributed by atoms with Gasteiger partial charge in [-0.15, -0.1) is 0 Å². The first kappa shape index (κ1) is 14.3. The highest BCUT2D eigenvalue weighted by Crippen LogP contribution is 2.18. The maximum atomic E-state index is 12.2. The molecule has 0 aromatic heterocycles. The Labute approximate surface area is 122 Å². The number of hydrogen-bond acceptors (Lipinski definition) is 3. The zero-order valence-electron chi connectivity index (χ0n) is 11.2. The van der Waals surface area contributed by atoms with Crippen LogP contribution in [-0.4, -0.2) is 36.5 Å². The predicted molar refractivity (Wildman–Crippen MR) is 81.2 cm³/mol. The average Bonchev–Trinajstić information content (AvgIpc) is 2.84. The predicted octanol–water partition coefficient (Wildman–Crippen LogP) is 2.25. The van der Waals surface area contributed by atoms with Crippen molar-refractivity contribution in [1.29, 1.82) is 0 Å². The zero-order chi connectivity index (χ0) is 13.8. The molecule has 0 aliphatic carbocycles. The van der Waals surface area contributed by atoms with Gasteiger partial charge in [-0.2, -0.15) is 0 Å².